The number of halogens is 2. The summed E-state index contributed by atoms with van der Waals surface area (Å²) >= 11 is 0. The first-order valence-electron chi connectivity index (χ1n) is 11.2. The molecule has 0 saturated heterocycles. The Morgan fingerprint density at radius 1 is 0.944 bits per heavy atom. The summed E-state index contributed by atoms with van der Waals surface area (Å²) in [6.07, 6.45) is 0. The Kier molecular flexibility index (Phi) is 6.54. The SMILES string of the molecule is COc1ccc(C(=O)c2c(C)n(Cc3cc(F)cc(F)c3)c3cc(OC(C)(C)C(=O)O)ccc23)cc1. The molecule has 36 heavy (non-hydrogen) atoms. The standard InChI is InChI=1S/C28H25F2NO5/c1-16-25(26(32)18-5-7-21(35-4)8-6-18)23-10-9-22(36-28(2,3)27(33)34)14-24(23)31(16)15-17-11-19(29)13-20(30)12-17/h5-14H,15H2,1-4H3,(H,33,34). The molecule has 6 nitrogen and oxygen atoms in total. The van der Waals surface area contributed by atoms with Gasteiger partial charge in [0.25, 0.3) is 0 Å². The van der Waals surface area contributed by atoms with Crippen molar-refractivity contribution in [2.75, 3.05) is 7.11 Å². The van der Waals surface area contributed by atoms with Crippen LogP contribution in [0.15, 0.2) is 60.7 Å². The predicted octanol–water partition coefficient (Wildman–Crippen LogP) is 5.76. The highest BCUT2D eigenvalue weighted by Crippen LogP contribution is 2.33. The first kappa shape index (κ1) is 24.9. The van der Waals surface area contributed by atoms with Gasteiger partial charge in [-0.2, -0.15) is 0 Å². The number of rotatable bonds is 8. The molecule has 0 saturated carbocycles. The van der Waals surface area contributed by atoms with Crippen LogP contribution in [0.4, 0.5) is 8.78 Å². The maximum atomic E-state index is 13.9. The highest BCUT2D eigenvalue weighted by molar-refractivity contribution is 6.17. The number of ether oxygens (including phenoxy) is 2. The van der Waals surface area contributed by atoms with Crippen LogP contribution in [0.1, 0.15) is 41.0 Å². The van der Waals surface area contributed by atoms with E-state index in [0.29, 0.717) is 39.0 Å². The third-order valence-electron chi connectivity index (χ3n) is 6.03. The normalized spacial score (nSPS) is 11.5. The largest absolute Gasteiger partial charge is 0.497 e. The Morgan fingerprint density at radius 3 is 2.14 bits per heavy atom. The number of carboxylic acids is 1. The molecule has 0 bridgehead atoms. The molecule has 186 valence electrons. The minimum Gasteiger partial charge on any atom is -0.497 e. The molecule has 4 aromatic rings. The van der Waals surface area contributed by atoms with Crippen molar-refractivity contribution in [1.82, 2.24) is 4.57 Å². The van der Waals surface area contributed by atoms with E-state index in [1.807, 2.05) is 0 Å². The Labute approximate surface area is 206 Å². The molecule has 8 heteroatoms. The monoisotopic (exact) mass is 493 g/mol. The number of benzene rings is 3. The van der Waals surface area contributed by atoms with E-state index in [2.05, 4.69) is 0 Å². The summed E-state index contributed by atoms with van der Waals surface area (Å²) in [5, 5.41) is 10.0. The molecule has 3 aromatic carbocycles. The van der Waals surface area contributed by atoms with Crippen molar-refractivity contribution in [2.24, 2.45) is 0 Å². The van der Waals surface area contributed by atoms with E-state index in [1.165, 1.54) is 33.1 Å². The Morgan fingerprint density at radius 2 is 1.56 bits per heavy atom. The summed E-state index contributed by atoms with van der Waals surface area (Å²) in [5.41, 5.74) is 0.900. The second-order valence-electron chi connectivity index (χ2n) is 8.98. The Bertz CT molecular complexity index is 1450. The van der Waals surface area contributed by atoms with E-state index in [4.69, 9.17) is 9.47 Å². The first-order valence-corrected chi connectivity index (χ1v) is 11.2. The number of aromatic nitrogens is 1. The summed E-state index contributed by atoms with van der Waals surface area (Å²) in [5.74, 6) is -1.89. The average molecular weight is 494 g/mol. The fraction of sp³-hybridized carbons (Fsp3) is 0.214. The maximum Gasteiger partial charge on any atom is 0.347 e. The molecule has 1 aromatic heterocycles. The average Bonchev–Trinajstić information content (AvgIpc) is 3.08. The third kappa shape index (κ3) is 4.79. The van der Waals surface area contributed by atoms with Crippen molar-refractivity contribution in [2.45, 2.75) is 32.9 Å². The molecule has 0 spiro atoms. The topological polar surface area (TPSA) is 77.8 Å². The van der Waals surface area contributed by atoms with E-state index in [-0.39, 0.29) is 18.1 Å². The molecular weight excluding hydrogens is 468 g/mol. The molecule has 4 rings (SSSR count). The summed E-state index contributed by atoms with van der Waals surface area (Å²) in [4.78, 5) is 25.1. The molecule has 0 aliphatic rings. The molecule has 0 fully saturated rings. The number of carbonyl (C=O) groups excluding carboxylic acids is 1. The zero-order valence-electron chi connectivity index (χ0n) is 20.3. The summed E-state index contributed by atoms with van der Waals surface area (Å²) < 4.78 is 40.4. The van der Waals surface area contributed by atoms with Crippen molar-refractivity contribution in [3.05, 3.63) is 94.7 Å². The van der Waals surface area contributed by atoms with Gasteiger partial charge in [-0.05, 0) is 74.9 Å². The molecule has 1 N–H and O–H groups in total. The van der Waals surface area contributed by atoms with Gasteiger partial charge < -0.3 is 19.1 Å². The summed E-state index contributed by atoms with van der Waals surface area (Å²) in [6.45, 7) is 4.70. The molecule has 0 atom stereocenters. The lowest BCUT2D eigenvalue weighted by Crippen LogP contribution is -2.37. The van der Waals surface area contributed by atoms with Crippen LogP contribution in [0, 0.1) is 18.6 Å². The van der Waals surface area contributed by atoms with E-state index in [0.717, 1.165) is 6.07 Å². The van der Waals surface area contributed by atoms with Crippen LogP contribution in [0.5, 0.6) is 11.5 Å². The van der Waals surface area contributed by atoms with Crippen LogP contribution >= 0.6 is 0 Å². The van der Waals surface area contributed by atoms with Gasteiger partial charge in [0.15, 0.2) is 11.4 Å². The van der Waals surface area contributed by atoms with Crippen LogP contribution in [0.2, 0.25) is 0 Å². The lowest BCUT2D eigenvalue weighted by molar-refractivity contribution is -0.152. The number of hydrogen-bond donors (Lipinski definition) is 1. The van der Waals surface area contributed by atoms with Crippen LogP contribution in [0.25, 0.3) is 10.9 Å². The zero-order valence-corrected chi connectivity index (χ0v) is 20.3. The van der Waals surface area contributed by atoms with Gasteiger partial charge >= 0.3 is 5.97 Å². The minimum atomic E-state index is -1.49. The zero-order chi connectivity index (χ0) is 26.2. The van der Waals surface area contributed by atoms with Gasteiger partial charge in [0.1, 0.15) is 23.1 Å². The van der Waals surface area contributed by atoms with E-state index < -0.39 is 23.2 Å². The van der Waals surface area contributed by atoms with E-state index in [1.54, 1.807) is 54.0 Å². The van der Waals surface area contributed by atoms with Gasteiger partial charge in [0.2, 0.25) is 0 Å². The first-order chi connectivity index (χ1) is 17.0. The van der Waals surface area contributed by atoms with Crippen LogP contribution in [0.3, 0.4) is 0 Å². The molecular formula is C28H25F2NO5. The van der Waals surface area contributed by atoms with Gasteiger partial charge in [-0.1, -0.05) is 0 Å². The number of nitrogens with zero attached hydrogens (tertiary/aromatic N) is 1. The number of carboxylic acid groups (broad SMARTS) is 1. The smallest absolute Gasteiger partial charge is 0.347 e. The maximum absolute atomic E-state index is 13.9. The van der Waals surface area contributed by atoms with Crippen molar-refractivity contribution in [3.8, 4) is 11.5 Å². The highest BCUT2D eigenvalue weighted by Gasteiger charge is 2.30. The van der Waals surface area contributed by atoms with Crippen LogP contribution in [-0.4, -0.2) is 34.1 Å². The van der Waals surface area contributed by atoms with Gasteiger partial charge in [-0.3, -0.25) is 4.79 Å². The van der Waals surface area contributed by atoms with Gasteiger partial charge in [0, 0.05) is 35.3 Å². The Hall–Kier alpha value is -4.20. The molecule has 0 unspecified atom stereocenters. The van der Waals surface area contributed by atoms with E-state index >= 15 is 0 Å². The lowest BCUT2D eigenvalue weighted by Gasteiger charge is -2.21. The molecule has 0 radical (unpaired) electrons. The van der Waals surface area contributed by atoms with Gasteiger partial charge in [0.05, 0.1) is 18.2 Å². The second-order valence-corrected chi connectivity index (χ2v) is 8.98. The Balaban J connectivity index is 1.88. The van der Waals surface area contributed by atoms with Crippen molar-refractivity contribution in [3.63, 3.8) is 0 Å². The van der Waals surface area contributed by atoms with Crippen molar-refractivity contribution >= 4 is 22.7 Å². The molecule has 0 amide bonds. The lowest BCUT2D eigenvalue weighted by atomic mass is 10.0. The third-order valence-corrected chi connectivity index (χ3v) is 6.03. The minimum absolute atomic E-state index is 0.0820. The molecule has 0 aliphatic heterocycles. The number of aliphatic carboxylic acids is 1. The number of carbonyl (C=O) groups is 2. The molecule has 1 heterocycles. The van der Waals surface area contributed by atoms with Crippen molar-refractivity contribution in [1.29, 1.82) is 0 Å². The number of fused-ring (bicyclic) bond motifs is 1. The number of ketones is 1. The number of methoxy groups -OCH3 is 1. The van der Waals surface area contributed by atoms with Crippen LogP contribution in [-0.2, 0) is 11.3 Å². The summed E-state index contributed by atoms with van der Waals surface area (Å²) in [7, 11) is 1.54. The number of hydrogen-bond acceptors (Lipinski definition) is 4. The molecule has 0 aliphatic carbocycles. The fourth-order valence-electron chi connectivity index (χ4n) is 4.12. The van der Waals surface area contributed by atoms with Gasteiger partial charge in [-0.15, -0.1) is 0 Å². The fourth-order valence-corrected chi connectivity index (χ4v) is 4.12. The highest BCUT2D eigenvalue weighted by atomic mass is 19.1. The van der Waals surface area contributed by atoms with Gasteiger partial charge in [-0.25, -0.2) is 13.6 Å². The quantitative estimate of drug-likeness (QED) is 0.316. The second kappa shape index (κ2) is 9.45. The van der Waals surface area contributed by atoms with Crippen molar-refractivity contribution < 1.29 is 33.0 Å². The summed E-state index contributed by atoms with van der Waals surface area (Å²) in [6, 6.07) is 14.9. The van der Waals surface area contributed by atoms with Crippen LogP contribution < -0.4 is 9.47 Å². The predicted molar refractivity (Wildman–Crippen MR) is 131 cm³/mol. The van der Waals surface area contributed by atoms with E-state index in [9.17, 15) is 23.5 Å².